The van der Waals surface area contributed by atoms with Crippen LogP contribution >= 0.6 is 0 Å². The average Bonchev–Trinajstić information content (AvgIpc) is 2.35. The number of nitrogens with zero attached hydrogens (tertiary/aromatic N) is 1. The van der Waals surface area contributed by atoms with Gasteiger partial charge in [-0.3, -0.25) is 9.59 Å². The van der Waals surface area contributed by atoms with Gasteiger partial charge in [-0.2, -0.15) is 5.10 Å². The summed E-state index contributed by atoms with van der Waals surface area (Å²) in [7, 11) is 1.54. The number of rotatable bonds is 3. The van der Waals surface area contributed by atoms with E-state index >= 15 is 0 Å². The Kier molecular flexibility index (Phi) is 4.21. The zero-order valence-corrected chi connectivity index (χ0v) is 9.56. The van der Waals surface area contributed by atoms with Crippen LogP contribution in [0.15, 0.2) is 29.4 Å². The number of benzene rings is 1. The lowest BCUT2D eigenvalue weighted by Crippen LogP contribution is -2.33. The van der Waals surface area contributed by atoms with Crippen molar-refractivity contribution in [1.29, 1.82) is 0 Å². The summed E-state index contributed by atoms with van der Waals surface area (Å²) >= 11 is 0. The number of ether oxygens (including phenoxy) is 1. The standard InChI is InChI=1S/C11H13N3O3/c1-7(13-14-11(16)10(12)15)8-5-3-4-6-9(8)17-2/h3-6H,1-2H3,(H2,12,15)(H,14,16)/b13-7-. The Balaban J connectivity index is 2.88. The minimum absolute atomic E-state index is 0.511. The Morgan fingerprint density at radius 1 is 1.35 bits per heavy atom. The summed E-state index contributed by atoms with van der Waals surface area (Å²) in [5.74, 6) is -1.41. The molecule has 0 saturated carbocycles. The normalized spacial score (nSPS) is 10.8. The Hall–Kier alpha value is -2.37. The van der Waals surface area contributed by atoms with Crippen molar-refractivity contribution in [2.24, 2.45) is 10.8 Å². The number of amides is 2. The Labute approximate surface area is 98.4 Å². The molecule has 0 aliphatic carbocycles. The first-order chi connectivity index (χ1) is 8.06. The zero-order chi connectivity index (χ0) is 12.8. The molecule has 0 aliphatic rings. The van der Waals surface area contributed by atoms with Gasteiger partial charge in [-0.25, -0.2) is 5.43 Å². The number of hydrogen-bond donors (Lipinski definition) is 2. The molecule has 0 atom stereocenters. The van der Waals surface area contributed by atoms with E-state index in [2.05, 4.69) is 10.5 Å². The Bertz CT molecular complexity index is 469. The van der Waals surface area contributed by atoms with Crippen LogP contribution in [0.25, 0.3) is 0 Å². The molecule has 0 spiro atoms. The monoisotopic (exact) mass is 235 g/mol. The zero-order valence-electron chi connectivity index (χ0n) is 9.56. The molecule has 0 fully saturated rings. The lowest BCUT2D eigenvalue weighted by molar-refractivity contribution is -0.137. The molecule has 6 nitrogen and oxygen atoms in total. The van der Waals surface area contributed by atoms with Gasteiger partial charge >= 0.3 is 11.8 Å². The van der Waals surface area contributed by atoms with Crippen LogP contribution in [0, 0.1) is 0 Å². The highest BCUT2D eigenvalue weighted by atomic mass is 16.5. The van der Waals surface area contributed by atoms with Gasteiger partial charge in [-0.1, -0.05) is 12.1 Å². The van der Waals surface area contributed by atoms with Gasteiger partial charge < -0.3 is 10.5 Å². The first kappa shape index (κ1) is 12.7. The van der Waals surface area contributed by atoms with Crippen LogP contribution in [0.1, 0.15) is 12.5 Å². The number of carbonyl (C=O) groups is 2. The maximum atomic E-state index is 10.9. The fourth-order valence-corrected chi connectivity index (χ4v) is 1.19. The number of primary amides is 1. The minimum atomic E-state index is -1.08. The number of methoxy groups -OCH3 is 1. The van der Waals surface area contributed by atoms with E-state index in [0.717, 1.165) is 5.56 Å². The number of hydrogen-bond acceptors (Lipinski definition) is 4. The molecule has 0 saturated heterocycles. The van der Waals surface area contributed by atoms with Gasteiger partial charge in [0.05, 0.1) is 12.8 Å². The van der Waals surface area contributed by atoms with E-state index in [4.69, 9.17) is 10.5 Å². The summed E-state index contributed by atoms with van der Waals surface area (Å²) < 4.78 is 5.14. The van der Waals surface area contributed by atoms with Crippen molar-refractivity contribution in [1.82, 2.24) is 5.43 Å². The van der Waals surface area contributed by atoms with E-state index in [-0.39, 0.29) is 0 Å². The second kappa shape index (κ2) is 5.64. The highest BCUT2D eigenvalue weighted by Crippen LogP contribution is 2.17. The maximum absolute atomic E-state index is 10.9. The topological polar surface area (TPSA) is 93.8 Å². The van der Waals surface area contributed by atoms with Crippen molar-refractivity contribution in [3.63, 3.8) is 0 Å². The average molecular weight is 235 g/mol. The van der Waals surface area contributed by atoms with E-state index < -0.39 is 11.8 Å². The van der Waals surface area contributed by atoms with Gasteiger partial charge in [0, 0.05) is 5.56 Å². The van der Waals surface area contributed by atoms with Gasteiger partial charge in [0.25, 0.3) is 0 Å². The van der Waals surface area contributed by atoms with Gasteiger partial charge in [0.2, 0.25) is 0 Å². The van der Waals surface area contributed by atoms with Crippen molar-refractivity contribution >= 4 is 17.5 Å². The maximum Gasteiger partial charge on any atom is 0.329 e. The largest absolute Gasteiger partial charge is 0.496 e. The molecule has 0 aliphatic heterocycles. The second-order valence-electron chi connectivity index (χ2n) is 3.20. The van der Waals surface area contributed by atoms with Gasteiger partial charge in [0.1, 0.15) is 5.75 Å². The molecule has 6 heteroatoms. The van der Waals surface area contributed by atoms with E-state index in [0.29, 0.717) is 11.5 Å². The van der Waals surface area contributed by atoms with Gasteiger partial charge in [0.15, 0.2) is 0 Å². The van der Waals surface area contributed by atoms with E-state index in [9.17, 15) is 9.59 Å². The van der Waals surface area contributed by atoms with Crippen LogP contribution in [-0.2, 0) is 9.59 Å². The predicted molar refractivity (Wildman–Crippen MR) is 62.5 cm³/mol. The SMILES string of the molecule is COc1ccccc1/C(C)=N\NC(=O)C(N)=O. The van der Waals surface area contributed by atoms with Crippen molar-refractivity contribution in [2.75, 3.05) is 7.11 Å². The van der Waals surface area contributed by atoms with E-state index in [1.54, 1.807) is 19.1 Å². The van der Waals surface area contributed by atoms with Crippen molar-refractivity contribution in [3.8, 4) is 5.75 Å². The molecule has 90 valence electrons. The summed E-state index contributed by atoms with van der Waals surface area (Å²) in [6, 6.07) is 7.18. The first-order valence-electron chi connectivity index (χ1n) is 4.83. The molecule has 1 aromatic carbocycles. The molecule has 0 radical (unpaired) electrons. The quantitative estimate of drug-likeness (QED) is 0.439. The fourth-order valence-electron chi connectivity index (χ4n) is 1.19. The van der Waals surface area contributed by atoms with E-state index in [1.807, 2.05) is 12.1 Å². The van der Waals surface area contributed by atoms with Gasteiger partial charge in [-0.05, 0) is 19.1 Å². The number of nitrogens with two attached hydrogens (primary N) is 1. The summed E-state index contributed by atoms with van der Waals surface area (Å²) in [5.41, 5.74) is 8.06. The van der Waals surface area contributed by atoms with Crippen LogP contribution in [0.4, 0.5) is 0 Å². The lowest BCUT2D eigenvalue weighted by Gasteiger charge is -2.07. The first-order valence-corrected chi connectivity index (χ1v) is 4.83. The smallest absolute Gasteiger partial charge is 0.329 e. The molecule has 0 heterocycles. The molecule has 1 rings (SSSR count). The number of hydrazone groups is 1. The van der Waals surface area contributed by atoms with Crippen LogP contribution in [0.3, 0.4) is 0 Å². The number of carbonyl (C=O) groups excluding carboxylic acids is 2. The van der Waals surface area contributed by atoms with Crippen LogP contribution < -0.4 is 15.9 Å². The van der Waals surface area contributed by atoms with Gasteiger partial charge in [-0.15, -0.1) is 0 Å². The molecular weight excluding hydrogens is 222 g/mol. The van der Waals surface area contributed by atoms with Crippen molar-refractivity contribution in [3.05, 3.63) is 29.8 Å². The number of nitrogens with one attached hydrogen (secondary N) is 1. The van der Waals surface area contributed by atoms with Crippen molar-refractivity contribution in [2.45, 2.75) is 6.92 Å². The predicted octanol–water partition coefficient (Wildman–Crippen LogP) is 0.0207. The van der Waals surface area contributed by atoms with Crippen LogP contribution in [-0.4, -0.2) is 24.6 Å². The molecule has 0 aromatic heterocycles. The summed E-state index contributed by atoms with van der Waals surface area (Å²) in [6.45, 7) is 1.68. The third-order valence-corrected chi connectivity index (χ3v) is 2.05. The Morgan fingerprint density at radius 3 is 2.59 bits per heavy atom. The molecule has 2 amide bonds. The van der Waals surface area contributed by atoms with Crippen molar-refractivity contribution < 1.29 is 14.3 Å². The second-order valence-corrected chi connectivity index (χ2v) is 3.20. The highest BCUT2D eigenvalue weighted by Gasteiger charge is 2.08. The van der Waals surface area contributed by atoms with Crippen LogP contribution in [0.2, 0.25) is 0 Å². The minimum Gasteiger partial charge on any atom is -0.496 e. The molecule has 17 heavy (non-hydrogen) atoms. The molecule has 0 bridgehead atoms. The molecular formula is C11H13N3O3. The summed E-state index contributed by atoms with van der Waals surface area (Å²) in [5, 5.41) is 3.76. The van der Waals surface area contributed by atoms with E-state index in [1.165, 1.54) is 7.11 Å². The molecule has 0 unspecified atom stereocenters. The third kappa shape index (κ3) is 3.30. The highest BCUT2D eigenvalue weighted by molar-refractivity contribution is 6.34. The number of para-hydroxylation sites is 1. The third-order valence-electron chi connectivity index (χ3n) is 2.05. The summed E-state index contributed by atoms with van der Waals surface area (Å²) in [6.07, 6.45) is 0. The summed E-state index contributed by atoms with van der Waals surface area (Å²) in [4.78, 5) is 21.4. The Morgan fingerprint density at radius 2 is 2.00 bits per heavy atom. The molecule has 1 aromatic rings. The fraction of sp³-hybridized carbons (Fsp3) is 0.182. The molecule has 3 N–H and O–H groups in total. The lowest BCUT2D eigenvalue weighted by atomic mass is 10.1. The van der Waals surface area contributed by atoms with Crippen LogP contribution in [0.5, 0.6) is 5.75 Å².